The predicted octanol–water partition coefficient (Wildman–Crippen LogP) is 6.32. The quantitative estimate of drug-likeness (QED) is 0.533. The minimum Gasteiger partial charge on any atom is -0.506 e. The molecule has 2 fully saturated rings. The Morgan fingerprint density at radius 1 is 1.13 bits per heavy atom. The van der Waals surface area contributed by atoms with Crippen molar-refractivity contribution in [3.05, 3.63) is 52.1 Å². The molecule has 1 aromatic heterocycles. The highest BCUT2D eigenvalue weighted by atomic mass is 32.2. The van der Waals surface area contributed by atoms with E-state index in [2.05, 4.69) is 19.9 Å². The SMILES string of the molecule is CC(C)c1ccccc1Sc1c(O)cc(C(CC2CC2)CC2CCCOC2)oc1=O. The van der Waals surface area contributed by atoms with Crippen LogP contribution in [0, 0.1) is 11.8 Å². The van der Waals surface area contributed by atoms with Crippen LogP contribution in [-0.4, -0.2) is 18.3 Å². The van der Waals surface area contributed by atoms with Crippen LogP contribution in [0.15, 0.2) is 49.3 Å². The van der Waals surface area contributed by atoms with Gasteiger partial charge in [-0.2, -0.15) is 0 Å². The first-order valence-electron chi connectivity index (χ1n) is 11.2. The number of rotatable bonds is 8. The van der Waals surface area contributed by atoms with Gasteiger partial charge >= 0.3 is 5.63 Å². The molecule has 0 bridgehead atoms. The summed E-state index contributed by atoms with van der Waals surface area (Å²) in [6.07, 6.45) is 6.77. The zero-order chi connectivity index (χ0) is 21.1. The molecule has 1 saturated carbocycles. The van der Waals surface area contributed by atoms with Crippen LogP contribution in [0.3, 0.4) is 0 Å². The van der Waals surface area contributed by atoms with Gasteiger partial charge in [-0.15, -0.1) is 0 Å². The Labute approximate surface area is 183 Å². The molecule has 1 N–H and O–H groups in total. The van der Waals surface area contributed by atoms with Crippen molar-refractivity contribution in [1.82, 2.24) is 0 Å². The molecule has 0 radical (unpaired) electrons. The Balaban J connectivity index is 1.58. The fourth-order valence-electron chi connectivity index (χ4n) is 4.42. The molecule has 162 valence electrons. The summed E-state index contributed by atoms with van der Waals surface area (Å²) in [4.78, 5) is 14.1. The normalized spacial score (nSPS) is 20.4. The summed E-state index contributed by atoms with van der Waals surface area (Å²) in [6.45, 7) is 5.89. The smallest absolute Gasteiger partial charge is 0.353 e. The van der Waals surface area contributed by atoms with Crippen LogP contribution in [0.25, 0.3) is 0 Å². The fourth-order valence-corrected chi connectivity index (χ4v) is 5.50. The maximum atomic E-state index is 12.9. The van der Waals surface area contributed by atoms with Crippen LogP contribution < -0.4 is 5.63 Å². The van der Waals surface area contributed by atoms with E-state index in [9.17, 15) is 9.90 Å². The van der Waals surface area contributed by atoms with Crippen LogP contribution in [-0.2, 0) is 4.74 Å². The van der Waals surface area contributed by atoms with Gasteiger partial charge in [0.05, 0.1) is 0 Å². The molecule has 1 aliphatic carbocycles. The Hall–Kier alpha value is -1.72. The Kier molecular flexibility index (Phi) is 6.89. The minimum absolute atomic E-state index is 0.0329. The van der Waals surface area contributed by atoms with E-state index in [1.807, 2.05) is 18.2 Å². The lowest BCUT2D eigenvalue weighted by Gasteiger charge is -2.26. The van der Waals surface area contributed by atoms with Gasteiger partial charge in [0.25, 0.3) is 0 Å². The number of hydrogen-bond acceptors (Lipinski definition) is 5. The molecule has 2 aliphatic rings. The maximum Gasteiger partial charge on any atom is 0.353 e. The average molecular weight is 429 g/mol. The predicted molar refractivity (Wildman–Crippen MR) is 120 cm³/mol. The molecule has 2 atom stereocenters. The first-order chi connectivity index (χ1) is 14.5. The standard InChI is InChI=1S/C25H32O4S/c1-16(2)20-7-3-4-8-23(20)30-24-21(26)14-22(29-25(24)27)19(12-17-9-10-17)13-18-6-5-11-28-15-18/h3-4,7-8,14,16-19,26H,5-6,9-13,15H2,1-2H3. The molecule has 30 heavy (non-hydrogen) atoms. The molecule has 4 rings (SSSR count). The van der Waals surface area contributed by atoms with E-state index in [1.54, 1.807) is 6.07 Å². The lowest BCUT2D eigenvalue weighted by molar-refractivity contribution is 0.0472. The topological polar surface area (TPSA) is 59.7 Å². The van der Waals surface area contributed by atoms with Crippen molar-refractivity contribution < 1.29 is 14.3 Å². The molecule has 2 aromatic rings. The van der Waals surface area contributed by atoms with Crippen molar-refractivity contribution in [1.29, 1.82) is 0 Å². The summed E-state index contributed by atoms with van der Waals surface area (Å²) in [5.74, 6) is 2.40. The van der Waals surface area contributed by atoms with Crippen LogP contribution >= 0.6 is 11.8 Å². The van der Waals surface area contributed by atoms with Crippen LogP contribution in [0.1, 0.15) is 75.5 Å². The molecule has 2 unspecified atom stereocenters. The first kappa shape index (κ1) is 21.5. The number of benzene rings is 1. The van der Waals surface area contributed by atoms with Crippen molar-refractivity contribution in [2.75, 3.05) is 13.2 Å². The van der Waals surface area contributed by atoms with E-state index >= 15 is 0 Å². The maximum absolute atomic E-state index is 12.9. The molecular weight excluding hydrogens is 396 g/mol. The number of aromatic hydroxyl groups is 1. The fraction of sp³-hybridized carbons (Fsp3) is 0.560. The van der Waals surface area contributed by atoms with E-state index in [0.717, 1.165) is 55.3 Å². The summed E-state index contributed by atoms with van der Waals surface area (Å²) >= 11 is 1.30. The van der Waals surface area contributed by atoms with Crippen LogP contribution in [0.4, 0.5) is 0 Å². The zero-order valence-corrected chi connectivity index (χ0v) is 18.7. The van der Waals surface area contributed by atoms with Gasteiger partial charge in [0.1, 0.15) is 16.4 Å². The monoisotopic (exact) mass is 428 g/mol. The van der Waals surface area contributed by atoms with Crippen LogP contribution in [0.2, 0.25) is 0 Å². The highest BCUT2D eigenvalue weighted by Crippen LogP contribution is 2.43. The second-order valence-corrected chi connectivity index (χ2v) is 10.2. The van der Waals surface area contributed by atoms with Gasteiger partial charge < -0.3 is 14.3 Å². The molecule has 4 nitrogen and oxygen atoms in total. The summed E-state index contributed by atoms with van der Waals surface area (Å²) in [5.41, 5.74) is 0.725. The van der Waals surface area contributed by atoms with Crippen molar-refractivity contribution in [3.63, 3.8) is 0 Å². The van der Waals surface area contributed by atoms with Gasteiger partial charge in [-0.3, -0.25) is 0 Å². The largest absolute Gasteiger partial charge is 0.506 e. The van der Waals surface area contributed by atoms with Gasteiger partial charge in [0.2, 0.25) is 0 Å². The summed E-state index contributed by atoms with van der Waals surface area (Å²) in [6, 6.07) is 9.71. The molecule has 5 heteroatoms. The third kappa shape index (κ3) is 5.30. The minimum atomic E-state index is -0.436. The second kappa shape index (κ2) is 9.61. The highest BCUT2D eigenvalue weighted by Gasteiger charge is 2.31. The third-order valence-corrected chi connectivity index (χ3v) is 7.42. The lowest BCUT2D eigenvalue weighted by Crippen LogP contribution is -2.20. The molecule has 0 spiro atoms. The van der Waals surface area contributed by atoms with E-state index in [0.29, 0.717) is 17.6 Å². The number of ether oxygens (including phenoxy) is 1. The van der Waals surface area contributed by atoms with Gasteiger partial charge in [0.15, 0.2) is 0 Å². The van der Waals surface area contributed by atoms with Crippen molar-refractivity contribution in [2.24, 2.45) is 11.8 Å². The van der Waals surface area contributed by atoms with E-state index in [-0.39, 0.29) is 16.6 Å². The molecule has 1 saturated heterocycles. The lowest BCUT2D eigenvalue weighted by atomic mass is 9.86. The zero-order valence-electron chi connectivity index (χ0n) is 17.9. The average Bonchev–Trinajstić information content (AvgIpc) is 3.55. The molecule has 2 heterocycles. The Morgan fingerprint density at radius 3 is 2.57 bits per heavy atom. The second-order valence-electron chi connectivity index (χ2n) is 9.14. The Morgan fingerprint density at radius 2 is 1.90 bits per heavy atom. The summed E-state index contributed by atoms with van der Waals surface area (Å²) in [7, 11) is 0. The summed E-state index contributed by atoms with van der Waals surface area (Å²) < 4.78 is 11.5. The highest BCUT2D eigenvalue weighted by molar-refractivity contribution is 7.99. The third-order valence-electron chi connectivity index (χ3n) is 6.25. The molecule has 1 aliphatic heterocycles. The van der Waals surface area contributed by atoms with E-state index in [1.165, 1.54) is 24.6 Å². The van der Waals surface area contributed by atoms with Crippen molar-refractivity contribution >= 4 is 11.8 Å². The van der Waals surface area contributed by atoms with Crippen LogP contribution in [0.5, 0.6) is 5.75 Å². The van der Waals surface area contributed by atoms with Gasteiger partial charge in [0, 0.05) is 30.1 Å². The Bertz CT molecular complexity index is 910. The van der Waals surface area contributed by atoms with E-state index in [4.69, 9.17) is 9.15 Å². The van der Waals surface area contributed by atoms with Crippen molar-refractivity contribution in [3.8, 4) is 5.75 Å². The van der Waals surface area contributed by atoms with Gasteiger partial charge in [-0.25, -0.2) is 4.79 Å². The molecule has 0 amide bonds. The first-order valence-corrected chi connectivity index (χ1v) is 12.0. The molecular formula is C25H32O4S. The molecule has 1 aromatic carbocycles. The number of hydrogen-bond donors (Lipinski definition) is 1. The van der Waals surface area contributed by atoms with Gasteiger partial charge in [-0.1, -0.05) is 56.7 Å². The summed E-state index contributed by atoms with van der Waals surface area (Å²) in [5, 5.41) is 10.8. The van der Waals surface area contributed by atoms with Gasteiger partial charge in [-0.05, 0) is 55.1 Å². The van der Waals surface area contributed by atoms with E-state index < -0.39 is 5.63 Å². The van der Waals surface area contributed by atoms with Crippen molar-refractivity contribution in [2.45, 2.75) is 74.0 Å².